The van der Waals surface area contributed by atoms with Crippen molar-refractivity contribution in [2.75, 3.05) is 34.4 Å². The van der Waals surface area contributed by atoms with Gasteiger partial charge in [-0.25, -0.2) is 5.43 Å². The number of amides is 2. The summed E-state index contributed by atoms with van der Waals surface area (Å²) in [5.74, 6) is 1.52. The minimum Gasteiger partial charge on any atom is -0.497 e. The minimum absolute atomic E-state index is 0.0534. The van der Waals surface area contributed by atoms with Gasteiger partial charge in [0.2, 0.25) is 5.91 Å². The molecule has 8 heteroatoms. The number of hydrazone groups is 1. The van der Waals surface area contributed by atoms with Crippen LogP contribution < -0.4 is 19.6 Å². The maximum atomic E-state index is 12.7. The van der Waals surface area contributed by atoms with Crippen molar-refractivity contribution in [1.82, 2.24) is 10.3 Å². The van der Waals surface area contributed by atoms with Crippen LogP contribution in [0.1, 0.15) is 28.8 Å². The molecule has 2 aromatic rings. The summed E-state index contributed by atoms with van der Waals surface area (Å²) in [7, 11) is 4.71. The lowest BCUT2D eigenvalue weighted by Gasteiger charge is -2.31. The molecule has 164 valence electrons. The van der Waals surface area contributed by atoms with Gasteiger partial charge in [0, 0.05) is 36.2 Å². The van der Waals surface area contributed by atoms with E-state index in [0.29, 0.717) is 48.7 Å². The zero-order chi connectivity index (χ0) is 22.2. The van der Waals surface area contributed by atoms with Crippen molar-refractivity contribution >= 4 is 18.0 Å². The minimum atomic E-state index is -0.190. The van der Waals surface area contributed by atoms with Gasteiger partial charge in [-0.15, -0.1) is 0 Å². The summed E-state index contributed by atoms with van der Waals surface area (Å²) in [5.41, 5.74) is 3.90. The van der Waals surface area contributed by atoms with Gasteiger partial charge in [-0.05, 0) is 43.2 Å². The number of methoxy groups -OCH3 is 3. The molecule has 31 heavy (non-hydrogen) atoms. The van der Waals surface area contributed by atoms with Crippen LogP contribution in [0.25, 0.3) is 0 Å². The lowest BCUT2D eigenvalue weighted by molar-refractivity contribution is -0.126. The molecule has 1 saturated heterocycles. The topological polar surface area (TPSA) is 89.5 Å². The van der Waals surface area contributed by atoms with Crippen molar-refractivity contribution in [3.05, 3.63) is 53.6 Å². The molecule has 0 spiro atoms. The van der Waals surface area contributed by atoms with Gasteiger partial charge in [0.1, 0.15) is 17.2 Å². The van der Waals surface area contributed by atoms with E-state index in [0.717, 1.165) is 5.56 Å². The zero-order valence-electron chi connectivity index (χ0n) is 18.0. The summed E-state index contributed by atoms with van der Waals surface area (Å²) in [5, 5.41) is 4.06. The molecule has 0 radical (unpaired) electrons. The third-order valence-electron chi connectivity index (χ3n) is 5.29. The van der Waals surface area contributed by atoms with Gasteiger partial charge in [-0.2, -0.15) is 5.10 Å². The van der Waals surface area contributed by atoms with Crippen LogP contribution in [0.4, 0.5) is 0 Å². The van der Waals surface area contributed by atoms with E-state index < -0.39 is 0 Å². The van der Waals surface area contributed by atoms with Gasteiger partial charge in [-0.3, -0.25) is 9.59 Å². The number of hydrogen-bond donors (Lipinski definition) is 1. The number of rotatable bonds is 7. The number of likely N-dealkylation sites (tertiary alicyclic amines) is 1. The van der Waals surface area contributed by atoms with E-state index in [4.69, 9.17) is 14.2 Å². The number of nitrogens with one attached hydrogen (secondary N) is 1. The molecule has 0 saturated carbocycles. The van der Waals surface area contributed by atoms with E-state index in [1.165, 1.54) is 6.21 Å². The highest BCUT2D eigenvalue weighted by molar-refractivity contribution is 5.95. The monoisotopic (exact) mass is 425 g/mol. The first-order valence-electron chi connectivity index (χ1n) is 10.0. The number of piperidine rings is 1. The fourth-order valence-electron chi connectivity index (χ4n) is 3.47. The van der Waals surface area contributed by atoms with Crippen molar-refractivity contribution < 1.29 is 23.8 Å². The Morgan fingerprint density at radius 2 is 1.71 bits per heavy atom. The molecule has 8 nitrogen and oxygen atoms in total. The number of carbonyl (C=O) groups is 2. The van der Waals surface area contributed by atoms with Gasteiger partial charge < -0.3 is 19.1 Å². The number of ether oxygens (including phenoxy) is 3. The molecular formula is C23H27N3O5. The van der Waals surface area contributed by atoms with Crippen LogP contribution in [-0.4, -0.2) is 57.3 Å². The van der Waals surface area contributed by atoms with Gasteiger partial charge >= 0.3 is 0 Å². The SMILES string of the molecule is COc1cccc(C(=O)N2CCC(C(=O)N/N=C\c3ccc(OC)cc3OC)CC2)c1. The molecule has 0 bridgehead atoms. The summed E-state index contributed by atoms with van der Waals surface area (Å²) in [6.07, 6.45) is 2.71. The predicted octanol–water partition coefficient (Wildman–Crippen LogP) is 2.71. The van der Waals surface area contributed by atoms with E-state index in [1.54, 1.807) is 68.7 Å². The molecule has 3 rings (SSSR count). The Morgan fingerprint density at radius 3 is 2.39 bits per heavy atom. The van der Waals surface area contributed by atoms with Gasteiger partial charge in [0.15, 0.2) is 0 Å². The van der Waals surface area contributed by atoms with Crippen LogP contribution in [0.5, 0.6) is 17.2 Å². The zero-order valence-corrected chi connectivity index (χ0v) is 18.0. The highest BCUT2D eigenvalue weighted by Crippen LogP contribution is 2.23. The van der Waals surface area contributed by atoms with Crippen LogP contribution in [0.15, 0.2) is 47.6 Å². The number of hydrogen-bond acceptors (Lipinski definition) is 6. The third-order valence-corrected chi connectivity index (χ3v) is 5.29. The van der Waals surface area contributed by atoms with Crippen molar-refractivity contribution in [2.24, 2.45) is 11.0 Å². The fraction of sp³-hybridized carbons (Fsp3) is 0.348. The second-order valence-corrected chi connectivity index (χ2v) is 7.14. The average molecular weight is 425 g/mol. The summed E-state index contributed by atoms with van der Waals surface area (Å²) in [4.78, 5) is 26.9. The van der Waals surface area contributed by atoms with Crippen LogP contribution in [-0.2, 0) is 4.79 Å². The maximum Gasteiger partial charge on any atom is 0.253 e. The first-order valence-corrected chi connectivity index (χ1v) is 10.0. The second-order valence-electron chi connectivity index (χ2n) is 7.14. The molecule has 2 amide bonds. The Kier molecular flexibility index (Phi) is 7.48. The van der Waals surface area contributed by atoms with E-state index in [9.17, 15) is 9.59 Å². The number of benzene rings is 2. The molecule has 1 fully saturated rings. The Bertz CT molecular complexity index is 952. The predicted molar refractivity (Wildman–Crippen MR) is 117 cm³/mol. The Morgan fingerprint density at radius 1 is 1.00 bits per heavy atom. The quantitative estimate of drug-likeness (QED) is 0.544. The molecule has 1 N–H and O–H groups in total. The van der Waals surface area contributed by atoms with E-state index in [2.05, 4.69) is 10.5 Å². The van der Waals surface area contributed by atoms with E-state index >= 15 is 0 Å². The third kappa shape index (κ3) is 5.53. The summed E-state index contributed by atoms with van der Waals surface area (Å²) in [6.45, 7) is 1.04. The van der Waals surface area contributed by atoms with Crippen molar-refractivity contribution in [3.63, 3.8) is 0 Å². The highest BCUT2D eigenvalue weighted by atomic mass is 16.5. The Hall–Kier alpha value is -3.55. The summed E-state index contributed by atoms with van der Waals surface area (Å²) in [6, 6.07) is 12.4. The van der Waals surface area contributed by atoms with Crippen LogP contribution in [0, 0.1) is 5.92 Å². The van der Waals surface area contributed by atoms with Crippen molar-refractivity contribution in [1.29, 1.82) is 0 Å². The molecule has 1 aliphatic heterocycles. The first kappa shape index (κ1) is 22.1. The van der Waals surface area contributed by atoms with Crippen molar-refractivity contribution in [2.45, 2.75) is 12.8 Å². The standard InChI is InChI=1S/C23H27N3O5/c1-29-19-6-4-5-17(13-19)23(28)26-11-9-16(10-12-26)22(27)25-24-15-18-7-8-20(30-2)14-21(18)31-3/h4-8,13-16H,9-12H2,1-3H3,(H,25,27)/b24-15-. The van der Waals surface area contributed by atoms with Crippen molar-refractivity contribution in [3.8, 4) is 17.2 Å². The molecule has 1 aliphatic rings. The van der Waals surface area contributed by atoms with Crippen LogP contribution in [0.2, 0.25) is 0 Å². The van der Waals surface area contributed by atoms with E-state index in [-0.39, 0.29) is 17.7 Å². The maximum absolute atomic E-state index is 12.7. The molecule has 2 aromatic carbocycles. The van der Waals surface area contributed by atoms with Gasteiger partial charge in [0.05, 0.1) is 27.5 Å². The first-order chi connectivity index (χ1) is 15.0. The number of nitrogens with zero attached hydrogens (tertiary/aromatic N) is 2. The lowest BCUT2D eigenvalue weighted by Crippen LogP contribution is -2.42. The summed E-state index contributed by atoms with van der Waals surface area (Å²) < 4.78 is 15.7. The van der Waals surface area contributed by atoms with Gasteiger partial charge in [0.25, 0.3) is 5.91 Å². The largest absolute Gasteiger partial charge is 0.497 e. The van der Waals surface area contributed by atoms with Crippen LogP contribution in [0.3, 0.4) is 0 Å². The second kappa shape index (κ2) is 10.5. The normalized spacial score (nSPS) is 14.4. The highest BCUT2D eigenvalue weighted by Gasteiger charge is 2.27. The smallest absolute Gasteiger partial charge is 0.253 e. The Labute approximate surface area is 181 Å². The van der Waals surface area contributed by atoms with Gasteiger partial charge in [-0.1, -0.05) is 6.07 Å². The average Bonchev–Trinajstić information content (AvgIpc) is 2.83. The fourth-order valence-corrected chi connectivity index (χ4v) is 3.47. The summed E-state index contributed by atoms with van der Waals surface area (Å²) >= 11 is 0. The molecule has 1 heterocycles. The Balaban J connectivity index is 1.52. The van der Waals surface area contributed by atoms with Crippen LogP contribution >= 0.6 is 0 Å². The molecule has 0 unspecified atom stereocenters. The van der Waals surface area contributed by atoms with E-state index in [1.807, 2.05) is 0 Å². The molecule has 0 aliphatic carbocycles. The lowest BCUT2D eigenvalue weighted by atomic mass is 9.95. The molecular weight excluding hydrogens is 398 g/mol. The number of carbonyl (C=O) groups excluding carboxylic acids is 2. The molecule has 0 atom stereocenters. The molecule has 0 aromatic heterocycles.